The second-order valence-electron chi connectivity index (χ2n) is 6.78. The van der Waals surface area contributed by atoms with Crippen molar-refractivity contribution in [3.63, 3.8) is 0 Å². The summed E-state index contributed by atoms with van der Waals surface area (Å²) in [6, 6.07) is 15.5. The number of piperazine rings is 1. The fourth-order valence-electron chi connectivity index (χ4n) is 3.27. The lowest BCUT2D eigenvalue weighted by molar-refractivity contribution is -0.131. The zero-order valence-corrected chi connectivity index (χ0v) is 15.6. The fraction of sp³-hybridized carbons (Fsp3) is 0.333. The Morgan fingerprint density at radius 2 is 1.74 bits per heavy atom. The normalized spacial score (nSPS) is 14.1. The number of rotatable bonds is 5. The number of para-hydroxylation sites is 1. The molecule has 1 heterocycles. The van der Waals surface area contributed by atoms with Gasteiger partial charge in [-0.1, -0.05) is 24.3 Å². The van der Waals surface area contributed by atoms with Gasteiger partial charge in [0.1, 0.15) is 0 Å². The minimum absolute atomic E-state index is 0.0762. The molecule has 1 aliphatic heterocycles. The Kier molecular flexibility index (Phi) is 5.96. The molecule has 1 aliphatic rings. The standard InChI is InChI=1S/C21H26N4O2/c1-16-7-8-17(22)15-19(16)21(27)23-10-9-20(26)25-13-11-24(12-14-25)18-5-3-2-4-6-18/h2-8,15H,9-14,22H2,1H3,(H,23,27). The van der Waals surface area contributed by atoms with Gasteiger partial charge in [0.25, 0.3) is 5.91 Å². The summed E-state index contributed by atoms with van der Waals surface area (Å²) in [5.41, 5.74) is 8.91. The van der Waals surface area contributed by atoms with Crippen molar-refractivity contribution in [3.8, 4) is 0 Å². The monoisotopic (exact) mass is 366 g/mol. The number of nitrogens with two attached hydrogens (primary N) is 1. The van der Waals surface area contributed by atoms with E-state index >= 15 is 0 Å². The molecule has 6 nitrogen and oxygen atoms in total. The minimum Gasteiger partial charge on any atom is -0.399 e. The molecular weight excluding hydrogens is 340 g/mol. The third kappa shape index (κ3) is 4.78. The van der Waals surface area contributed by atoms with E-state index in [4.69, 9.17) is 5.73 Å². The third-order valence-corrected chi connectivity index (χ3v) is 4.88. The summed E-state index contributed by atoms with van der Waals surface area (Å²) in [5, 5.41) is 2.82. The smallest absolute Gasteiger partial charge is 0.251 e. The first-order valence-electron chi connectivity index (χ1n) is 9.26. The highest BCUT2D eigenvalue weighted by molar-refractivity contribution is 5.96. The predicted molar refractivity (Wildman–Crippen MR) is 108 cm³/mol. The number of nitrogens with one attached hydrogen (secondary N) is 1. The Labute approximate surface area is 159 Å². The molecule has 2 amide bonds. The van der Waals surface area contributed by atoms with E-state index < -0.39 is 0 Å². The van der Waals surface area contributed by atoms with Gasteiger partial charge in [0.15, 0.2) is 0 Å². The summed E-state index contributed by atoms with van der Waals surface area (Å²) in [5.74, 6) is -0.117. The van der Waals surface area contributed by atoms with Crippen LogP contribution in [0.25, 0.3) is 0 Å². The first-order chi connectivity index (χ1) is 13.0. The molecule has 2 aromatic carbocycles. The van der Waals surface area contributed by atoms with Crippen LogP contribution in [0.1, 0.15) is 22.3 Å². The molecule has 0 aromatic heterocycles. The van der Waals surface area contributed by atoms with Crippen molar-refractivity contribution >= 4 is 23.2 Å². The molecule has 6 heteroatoms. The number of carbonyl (C=O) groups is 2. The van der Waals surface area contributed by atoms with Crippen LogP contribution < -0.4 is 16.0 Å². The van der Waals surface area contributed by atoms with Crippen molar-refractivity contribution in [2.24, 2.45) is 0 Å². The molecule has 0 radical (unpaired) electrons. The molecule has 1 saturated heterocycles. The highest BCUT2D eigenvalue weighted by Crippen LogP contribution is 2.16. The molecule has 2 aromatic rings. The predicted octanol–water partition coefficient (Wildman–Crippen LogP) is 2.05. The molecule has 3 rings (SSSR count). The van der Waals surface area contributed by atoms with E-state index in [1.807, 2.05) is 36.1 Å². The maximum absolute atomic E-state index is 12.4. The van der Waals surface area contributed by atoms with E-state index in [9.17, 15) is 9.59 Å². The lowest BCUT2D eigenvalue weighted by atomic mass is 10.1. The van der Waals surface area contributed by atoms with Crippen LogP contribution >= 0.6 is 0 Å². The second-order valence-corrected chi connectivity index (χ2v) is 6.78. The van der Waals surface area contributed by atoms with E-state index in [1.54, 1.807) is 12.1 Å². The zero-order valence-electron chi connectivity index (χ0n) is 15.6. The average Bonchev–Trinajstić information content (AvgIpc) is 2.70. The van der Waals surface area contributed by atoms with Crippen LogP contribution in [0, 0.1) is 6.92 Å². The first kappa shape index (κ1) is 18.8. The summed E-state index contributed by atoms with van der Waals surface area (Å²) in [6.45, 7) is 5.25. The van der Waals surface area contributed by atoms with Crippen LogP contribution in [0.3, 0.4) is 0 Å². The number of hydrogen-bond donors (Lipinski definition) is 2. The molecule has 0 saturated carbocycles. The Morgan fingerprint density at radius 1 is 1.04 bits per heavy atom. The summed E-state index contributed by atoms with van der Waals surface area (Å²) < 4.78 is 0. The Bertz CT molecular complexity index is 799. The second kappa shape index (κ2) is 8.58. The van der Waals surface area contributed by atoms with Crippen molar-refractivity contribution in [3.05, 3.63) is 59.7 Å². The van der Waals surface area contributed by atoms with Gasteiger partial charge < -0.3 is 20.9 Å². The van der Waals surface area contributed by atoms with Gasteiger partial charge in [0.2, 0.25) is 5.91 Å². The fourth-order valence-corrected chi connectivity index (χ4v) is 3.27. The highest BCUT2D eigenvalue weighted by Gasteiger charge is 2.21. The number of aryl methyl sites for hydroxylation is 1. The van der Waals surface area contributed by atoms with E-state index in [2.05, 4.69) is 22.3 Å². The molecule has 0 atom stereocenters. The van der Waals surface area contributed by atoms with Crippen LogP contribution in [-0.4, -0.2) is 49.4 Å². The molecule has 1 fully saturated rings. The maximum Gasteiger partial charge on any atom is 0.251 e. The van der Waals surface area contributed by atoms with Gasteiger partial charge in [-0.25, -0.2) is 0 Å². The molecule has 3 N–H and O–H groups in total. The Morgan fingerprint density at radius 3 is 2.44 bits per heavy atom. The van der Waals surface area contributed by atoms with Crippen LogP contribution in [0.4, 0.5) is 11.4 Å². The van der Waals surface area contributed by atoms with Crippen molar-refractivity contribution in [2.45, 2.75) is 13.3 Å². The number of hydrogen-bond acceptors (Lipinski definition) is 4. The largest absolute Gasteiger partial charge is 0.399 e. The summed E-state index contributed by atoms with van der Waals surface area (Å²) >= 11 is 0. The van der Waals surface area contributed by atoms with Crippen molar-refractivity contribution < 1.29 is 9.59 Å². The van der Waals surface area contributed by atoms with Crippen LogP contribution in [0.15, 0.2) is 48.5 Å². The number of amides is 2. The molecule has 0 aliphatic carbocycles. The topological polar surface area (TPSA) is 78.7 Å². The average molecular weight is 366 g/mol. The van der Waals surface area contributed by atoms with E-state index in [0.29, 0.717) is 37.3 Å². The zero-order chi connectivity index (χ0) is 19.2. The van der Waals surface area contributed by atoms with Crippen LogP contribution in [0.5, 0.6) is 0 Å². The molecule has 142 valence electrons. The van der Waals surface area contributed by atoms with Crippen molar-refractivity contribution in [1.29, 1.82) is 0 Å². The van der Waals surface area contributed by atoms with E-state index in [1.165, 1.54) is 5.69 Å². The first-order valence-corrected chi connectivity index (χ1v) is 9.26. The van der Waals surface area contributed by atoms with Gasteiger partial charge >= 0.3 is 0 Å². The lowest BCUT2D eigenvalue weighted by Gasteiger charge is -2.36. The van der Waals surface area contributed by atoms with Gasteiger partial charge in [0.05, 0.1) is 0 Å². The number of benzene rings is 2. The van der Waals surface area contributed by atoms with Gasteiger partial charge in [-0.2, -0.15) is 0 Å². The summed E-state index contributed by atoms with van der Waals surface area (Å²) in [4.78, 5) is 28.9. The molecule has 0 unspecified atom stereocenters. The van der Waals surface area contributed by atoms with Crippen LogP contribution in [0.2, 0.25) is 0 Å². The molecule has 0 spiro atoms. The van der Waals surface area contributed by atoms with Gasteiger partial charge in [0, 0.05) is 56.1 Å². The Hall–Kier alpha value is -3.02. The number of nitrogen functional groups attached to an aromatic ring is 1. The highest BCUT2D eigenvalue weighted by atomic mass is 16.2. The van der Waals surface area contributed by atoms with Gasteiger partial charge in [-0.3, -0.25) is 9.59 Å². The minimum atomic E-state index is -0.193. The third-order valence-electron chi connectivity index (χ3n) is 4.88. The van der Waals surface area contributed by atoms with Gasteiger partial charge in [-0.05, 0) is 36.8 Å². The number of carbonyl (C=O) groups excluding carboxylic acids is 2. The van der Waals surface area contributed by atoms with E-state index in [0.717, 1.165) is 18.7 Å². The number of nitrogens with zero attached hydrogens (tertiary/aromatic N) is 2. The maximum atomic E-state index is 12.4. The summed E-state index contributed by atoms with van der Waals surface area (Å²) in [6.07, 6.45) is 0.304. The molecule has 0 bridgehead atoms. The van der Waals surface area contributed by atoms with Crippen molar-refractivity contribution in [1.82, 2.24) is 10.2 Å². The van der Waals surface area contributed by atoms with Crippen molar-refractivity contribution in [2.75, 3.05) is 43.4 Å². The Balaban J connectivity index is 1.44. The lowest BCUT2D eigenvalue weighted by Crippen LogP contribution is -2.49. The molecular formula is C21H26N4O2. The summed E-state index contributed by atoms with van der Waals surface area (Å²) in [7, 11) is 0. The SMILES string of the molecule is Cc1ccc(N)cc1C(=O)NCCC(=O)N1CCN(c2ccccc2)CC1. The van der Waals surface area contributed by atoms with Gasteiger partial charge in [-0.15, -0.1) is 0 Å². The van der Waals surface area contributed by atoms with E-state index in [-0.39, 0.29) is 11.8 Å². The molecule has 27 heavy (non-hydrogen) atoms. The quantitative estimate of drug-likeness (QED) is 0.794. The number of anilines is 2. The van der Waals surface area contributed by atoms with Crippen LogP contribution in [-0.2, 0) is 4.79 Å².